The van der Waals surface area contributed by atoms with E-state index >= 15 is 0 Å². The van der Waals surface area contributed by atoms with Crippen LogP contribution in [0.3, 0.4) is 0 Å². The van der Waals surface area contributed by atoms with Gasteiger partial charge in [-0.25, -0.2) is 4.39 Å². The van der Waals surface area contributed by atoms with Crippen LogP contribution in [0.25, 0.3) is 11.0 Å². The van der Waals surface area contributed by atoms with Crippen LogP contribution in [0.15, 0.2) is 45.6 Å². The summed E-state index contributed by atoms with van der Waals surface area (Å²) in [6.45, 7) is 4.69. The van der Waals surface area contributed by atoms with Crippen LogP contribution in [0.2, 0.25) is 0 Å². The van der Waals surface area contributed by atoms with Gasteiger partial charge in [0.15, 0.2) is 16.9 Å². The minimum Gasteiger partial charge on any atom is -0.493 e. The first-order valence-corrected chi connectivity index (χ1v) is 10.8. The van der Waals surface area contributed by atoms with Crippen molar-refractivity contribution in [3.05, 3.63) is 69.3 Å². The molecule has 2 heterocycles. The summed E-state index contributed by atoms with van der Waals surface area (Å²) >= 11 is 0. The van der Waals surface area contributed by atoms with Crippen molar-refractivity contribution in [2.45, 2.75) is 32.4 Å². The van der Waals surface area contributed by atoms with Crippen LogP contribution >= 0.6 is 0 Å². The molecule has 0 bridgehead atoms. The molecule has 8 heteroatoms. The van der Waals surface area contributed by atoms with Gasteiger partial charge in [0.2, 0.25) is 5.76 Å². The van der Waals surface area contributed by atoms with E-state index in [4.69, 9.17) is 18.6 Å². The Hall–Kier alpha value is -3.39. The number of hydrogen-bond donors (Lipinski definition) is 0. The number of fused-ring (bicyclic) bond motifs is 2. The number of carbonyl (C=O) groups is 1. The van der Waals surface area contributed by atoms with Crippen molar-refractivity contribution in [3.63, 3.8) is 0 Å². The molecule has 0 fully saturated rings. The van der Waals surface area contributed by atoms with E-state index in [2.05, 4.69) is 0 Å². The molecule has 1 aliphatic heterocycles. The SMILES string of the molecule is COc1ccc([C@@H]2c3c(oc4ccc(F)cc4c3=O)C(=O)N2CCCOC(C)C)cc1OC. The van der Waals surface area contributed by atoms with Gasteiger partial charge >= 0.3 is 0 Å². The molecule has 2 aromatic carbocycles. The topological polar surface area (TPSA) is 78.2 Å². The van der Waals surface area contributed by atoms with Gasteiger partial charge in [-0.1, -0.05) is 6.07 Å². The lowest BCUT2D eigenvalue weighted by Gasteiger charge is -2.26. The van der Waals surface area contributed by atoms with Gasteiger partial charge in [0, 0.05) is 13.2 Å². The third-order valence-corrected chi connectivity index (χ3v) is 5.65. The number of ether oxygens (including phenoxy) is 3. The van der Waals surface area contributed by atoms with Gasteiger partial charge in [0.05, 0.1) is 37.3 Å². The number of methoxy groups -OCH3 is 2. The molecule has 174 valence electrons. The molecule has 7 nitrogen and oxygen atoms in total. The maximum Gasteiger partial charge on any atom is 0.290 e. The van der Waals surface area contributed by atoms with E-state index in [-0.39, 0.29) is 28.4 Å². The summed E-state index contributed by atoms with van der Waals surface area (Å²) in [7, 11) is 3.04. The number of benzene rings is 2. The fourth-order valence-electron chi connectivity index (χ4n) is 4.15. The van der Waals surface area contributed by atoms with Crippen LogP contribution < -0.4 is 14.9 Å². The van der Waals surface area contributed by atoms with Gasteiger partial charge in [-0.15, -0.1) is 0 Å². The highest BCUT2D eigenvalue weighted by molar-refractivity contribution is 5.99. The highest BCUT2D eigenvalue weighted by Crippen LogP contribution is 2.41. The number of hydrogen-bond acceptors (Lipinski definition) is 6. The van der Waals surface area contributed by atoms with E-state index in [0.29, 0.717) is 36.6 Å². The van der Waals surface area contributed by atoms with Crippen molar-refractivity contribution in [2.75, 3.05) is 27.4 Å². The van der Waals surface area contributed by atoms with Crippen LogP contribution in [0.1, 0.15) is 48.0 Å². The largest absolute Gasteiger partial charge is 0.493 e. The summed E-state index contributed by atoms with van der Waals surface area (Å²) in [6.07, 6.45) is 0.644. The highest BCUT2D eigenvalue weighted by atomic mass is 19.1. The molecule has 0 unspecified atom stereocenters. The summed E-state index contributed by atoms with van der Waals surface area (Å²) in [5, 5.41) is 0.0945. The van der Waals surface area contributed by atoms with Crippen molar-refractivity contribution >= 4 is 16.9 Å². The Labute approximate surface area is 190 Å². The van der Waals surface area contributed by atoms with Crippen LogP contribution in [0.4, 0.5) is 4.39 Å². The van der Waals surface area contributed by atoms with Gasteiger partial charge in [-0.2, -0.15) is 0 Å². The van der Waals surface area contributed by atoms with E-state index in [1.165, 1.54) is 26.4 Å². The molecule has 3 aromatic rings. The van der Waals surface area contributed by atoms with E-state index in [9.17, 15) is 14.0 Å². The Kier molecular flexibility index (Phi) is 6.37. The lowest BCUT2D eigenvalue weighted by molar-refractivity contribution is 0.0593. The summed E-state index contributed by atoms with van der Waals surface area (Å²) in [5.74, 6) is 0.0243. The molecule has 1 aliphatic rings. The molecule has 4 rings (SSSR count). The molecule has 0 spiro atoms. The Morgan fingerprint density at radius 1 is 1.06 bits per heavy atom. The van der Waals surface area contributed by atoms with Gasteiger partial charge in [0.1, 0.15) is 11.4 Å². The van der Waals surface area contributed by atoms with Crippen molar-refractivity contribution in [3.8, 4) is 11.5 Å². The molecule has 0 aliphatic carbocycles. The standard InChI is InChI=1S/C25H26FNO6/c1-14(2)32-11-5-10-27-22(15-6-8-19(30-3)20(12-15)31-4)21-23(28)17-13-16(26)7-9-18(17)33-24(21)25(27)29/h6-9,12-14,22H,5,10-11H2,1-4H3/t22-/m1/s1. The van der Waals surface area contributed by atoms with Gasteiger partial charge in [-0.05, 0) is 56.2 Å². The number of nitrogens with zero attached hydrogens (tertiary/aromatic N) is 1. The van der Waals surface area contributed by atoms with Crippen LogP contribution in [0, 0.1) is 5.82 Å². The second kappa shape index (κ2) is 9.23. The van der Waals surface area contributed by atoms with Crippen molar-refractivity contribution < 1.29 is 27.8 Å². The monoisotopic (exact) mass is 455 g/mol. The Bertz CT molecular complexity index is 1250. The molecule has 0 radical (unpaired) electrons. The molecule has 1 atom stereocenters. The Morgan fingerprint density at radius 2 is 1.82 bits per heavy atom. The summed E-state index contributed by atoms with van der Waals surface area (Å²) < 4.78 is 36.1. The first kappa shape index (κ1) is 22.8. The molecule has 0 N–H and O–H groups in total. The van der Waals surface area contributed by atoms with Crippen molar-refractivity contribution in [1.29, 1.82) is 0 Å². The van der Waals surface area contributed by atoms with E-state index in [0.717, 1.165) is 6.07 Å². The lowest BCUT2D eigenvalue weighted by Crippen LogP contribution is -2.31. The highest BCUT2D eigenvalue weighted by Gasteiger charge is 2.42. The van der Waals surface area contributed by atoms with Gasteiger partial charge in [0.25, 0.3) is 5.91 Å². The number of rotatable bonds is 8. The van der Waals surface area contributed by atoms with Gasteiger partial charge in [-0.3, -0.25) is 9.59 Å². The zero-order valence-electron chi connectivity index (χ0n) is 19.0. The molecule has 0 saturated heterocycles. The Balaban J connectivity index is 1.85. The summed E-state index contributed by atoms with van der Waals surface area (Å²) in [4.78, 5) is 28.4. The zero-order valence-corrected chi connectivity index (χ0v) is 19.0. The second-order valence-corrected chi connectivity index (χ2v) is 8.10. The molecular formula is C25H26FNO6. The molecule has 0 saturated carbocycles. The fraction of sp³-hybridized carbons (Fsp3) is 0.360. The Morgan fingerprint density at radius 3 is 2.52 bits per heavy atom. The van der Waals surface area contributed by atoms with Crippen molar-refractivity contribution in [2.24, 2.45) is 0 Å². The minimum absolute atomic E-state index is 0.0244. The molecule has 33 heavy (non-hydrogen) atoms. The third-order valence-electron chi connectivity index (χ3n) is 5.65. The number of carbonyl (C=O) groups excluding carboxylic acids is 1. The maximum absolute atomic E-state index is 13.9. The molecular weight excluding hydrogens is 429 g/mol. The van der Waals surface area contributed by atoms with E-state index < -0.39 is 23.2 Å². The lowest BCUT2D eigenvalue weighted by atomic mass is 9.98. The normalized spacial score (nSPS) is 15.4. The summed E-state index contributed by atoms with van der Waals surface area (Å²) in [6, 6.07) is 8.22. The van der Waals surface area contributed by atoms with Gasteiger partial charge < -0.3 is 23.5 Å². The third kappa shape index (κ3) is 4.18. The average molecular weight is 455 g/mol. The molecule has 1 aromatic heterocycles. The number of halogens is 1. The first-order chi connectivity index (χ1) is 15.8. The van der Waals surface area contributed by atoms with Crippen LogP contribution in [-0.2, 0) is 4.74 Å². The van der Waals surface area contributed by atoms with E-state index in [1.807, 2.05) is 13.8 Å². The quantitative estimate of drug-likeness (QED) is 0.471. The smallest absolute Gasteiger partial charge is 0.290 e. The second-order valence-electron chi connectivity index (χ2n) is 8.10. The first-order valence-electron chi connectivity index (χ1n) is 10.8. The van der Waals surface area contributed by atoms with Crippen LogP contribution in [-0.4, -0.2) is 44.3 Å². The predicted molar refractivity (Wildman–Crippen MR) is 121 cm³/mol. The number of amides is 1. The zero-order chi connectivity index (χ0) is 23.7. The summed E-state index contributed by atoms with van der Waals surface area (Å²) in [5.41, 5.74) is 0.590. The van der Waals surface area contributed by atoms with Crippen LogP contribution in [0.5, 0.6) is 11.5 Å². The predicted octanol–water partition coefficient (Wildman–Crippen LogP) is 4.31. The maximum atomic E-state index is 13.9. The fourth-order valence-corrected chi connectivity index (χ4v) is 4.15. The molecule has 1 amide bonds. The van der Waals surface area contributed by atoms with Crippen molar-refractivity contribution in [1.82, 2.24) is 4.90 Å². The van der Waals surface area contributed by atoms with E-state index in [1.54, 1.807) is 23.1 Å². The minimum atomic E-state index is -0.713. The average Bonchev–Trinajstić information content (AvgIpc) is 3.08.